The Labute approximate surface area is 297 Å². The molecule has 0 aliphatic carbocycles. The third-order valence-electron chi connectivity index (χ3n) is 10.7. The van der Waals surface area contributed by atoms with Gasteiger partial charge in [0.2, 0.25) is 6.54 Å². The Morgan fingerprint density at radius 1 is 0.837 bits per heavy atom. The summed E-state index contributed by atoms with van der Waals surface area (Å²) in [6.07, 6.45) is 21.5. The number of esters is 1. The van der Waals surface area contributed by atoms with Gasteiger partial charge >= 0.3 is 5.97 Å². The van der Waals surface area contributed by atoms with Crippen LogP contribution in [0.15, 0.2) is 48.8 Å². The minimum Gasteiger partial charge on any atom is -0.487 e. The van der Waals surface area contributed by atoms with Crippen LogP contribution in [0.4, 0.5) is 5.69 Å². The normalized spacial score (nSPS) is 17.2. The van der Waals surface area contributed by atoms with Gasteiger partial charge in [-0.15, -0.1) is 0 Å². The van der Waals surface area contributed by atoms with Crippen LogP contribution in [0.2, 0.25) is 0 Å². The molecule has 3 unspecified atom stereocenters. The molecule has 3 aromatic rings. The van der Waals surface area contributed by atoms with Crippen molar-refractivity contribution in [2.45, 2.75) is 138 Å². The lowest BCUT2D eigenvalue weighted by molar-refractivity contribution is -0.685. The van der Waals surface area contributed by atoms with Crippen molar-refractivity contribution in [3.63, 3.8) is 0 Å². The predicted molar refractivity (Wildman–Crippen MR) is 205 cm³/mol. The highest BCUT2D eigenvalue weighted by molar-refractivity contribution is 5.73. The van der Waals surface area contributed by atoms with E-state index in [2.05, 4.69) is 48.5 Å². The summed E-state index contributed by atoms with van der Waals surface area (Å²) >= 11 is 0. The summed E-state index contributed by atoms with van der Waals surface area (Å²) in [5.41, 5.74) is 12.8. The number of pyridine rings is 1. The molecular formula is C44H63N2O3+. The second-order valence-corrected chi connectivity index (χ2v) is 15.7. The van der Waals surface area contributed by atoms with Gasteiger partial charge in [0.15, 0.2) is 12.4 Å². The van der Waals surface area contributed by atoms with Gasteiger partial charge in [-0.05, 0) is 111 Å². The monoisotopic (exact) mass is 667 g/mol. The first-order valence-corrected chi connectivity index (χ1v) is 18.9. The lowest BCUT2D eigenvalue weighted by atomic mass is 9.83. The standard InChI is InChI=1S/C44H62N2O3/c1-31(2)12-9-13-32(3)14-10-15-33(4)16-11-26-44(8)27-23-40-36(7)42(34(5)35(6)43(40)49-44)48-41(47)30-46-28-24-38(25-29-46)18-17-37-19-21-39(45)22-20-37/h17-22,24-25,28-29,31-33,45H,9-16,23,26-27,30H2,1-8H3/p+1. The number of carbonyl (C=O) groups excluding carboxylic acids is 1. The quantitative estimate of drug-likeness (QED) is 0.0673. The molecule has 49 heavy (non-hydrogen) atoms. The van der Waals surface area contributed by atoms with E-state index >= 15 is 0 Å². The van der Waals surface area contributed by atoms with Crippen LogP contribution in [0, 0.1) is 38.5 Å². The van der Waals surface area contributed by atoms with E-state index in [9.17, 15) is 4.79 Å². The Morgan fingerprint density at radius 3 is 2.02 bits per heavy atom. The van der Waals surface area contributed by atoms with E-state index in [0.29, 0.717) is 5.75 Å². The van der Waals surface area contributed by atoms with Crippen LogP contribution in [0.3, 0.4) is 0 Å². The minimum absolute atomic E-state index is 0.140. The molecule has 5 heteroatoms. The molecule has 3 atom stereocenters. The number of nitrogen functional groups attached to an aromatic ring is 1. The molecule has 4 rings (SSSR count). The van der Waals surface area contributed by atoms with Crippen molar-refractivity contribution in [2.24, 2.45) is 17.8 Å². The molecular weight excluding hydrogens is 604 g/mol. The number of aromatic nitrogens is 1. The van der Waals surface area contributed by atoms with E-state index in [1.807, 2.05) is 72.4 Å². The third kappa shape index (κ3) is 11.5. The fraction of sp³-hybridized carbons (Fsp3) is 0.545. The summed E-state index contributed by atoms with van der Waals surface area (Å²) in [6, 6.07) is 11.7. The van der Waals surface area contributed by atoms with Crippen molar-refractivity contribution in [3.8, 4) is 11.5 Å². The van der Waals surface area contributed by atoms with Gasteiger partial charge in [-0.25, -0.2) is 4.79 Å². The van der Waals surface area contributed by atoms with Gasteiger partial charge in [0.25, 0.3) is 0 Å². The van der Waals surface area contributed by atoms with Gasteiger partial charge < -0.3 is 15.2 Å². The molecule has 2 N–H and O–H groups in total. The first kappa shape index (κ1) is 38.2. The SMILES string of the molecule is Cc1c(C)c2c(c(C)c1OC(=O)C[n+]1ccc(/C=C/c3ccc(N)cc3)cc1)CCC(C)(CCCC(C)CCCC(C)CCCC(C)C)O2. The Bertz CT molecular complexity index is 1540. The van der Waals surface area contributed by atoms with Crippen LogP contribution < -0.4 is 19.8 Å². The number of hydrogen-bond donors (Lipinski definition) is 1. The van der Waals surface area contributed by atoms with E-state index in [0.717, 1.165) is 76.3 Å². The van der Waals surface area contributed by atoms with Crippen LogP contribution in [-0.4, -0.2) is 11.6 Å². The van der Waals surface area contributed by atoms with Crippen molar-refractivity contribution < 1.29 is 18.8 Å². The highest BCUT2D eigenvalue weighted by atomic mass is 16.5. The summed E-state index contributed by atoms with van der Waals surface area (Å²) in [6.45, 7) is 18.2. The van der Waals surface area contributed by atoms with Gasteiger partial charge in [-0.3, -0.25) is 0 Å². The number of nitrogens with two attached hydrogens (primary N) is 1. The summed E-state index contributed by atoms with van der Waals surface area (Å²) < 4.78 is 14.7. The van der Waals surface area contributed by atoms with Crippen LogP contribution in [0.5, 0.6) is 11.5 Å². The Hall–Kier alpha value is -3.60. The van der Waals surface area contributed by atoms with Crippen molar-refractivity contribution in [1.29, 1.82) is 0 Å². The van der Waals surface area contributed by atoms with E-state index in [1.165, 1.54) is 56.9 Å². The highest BCUT2D eigenvalue weighted by Gasteiger charge is 2.35. The lowest BCUT2D eigenvalue weighted by Gasteiger charge is -2.38. The molecule has 1 aromatic heterocycles. The van der Waals surface area contributed by atoms with Crippen molar-refractivity contribution in [3.05, 3.63) is 82.2 Å². The molecule has 266 valence electrons. The number of rotatable bonds is 17. The maximum Gasteiger partial charge on any atom is 0.378 e. The average Bonchev–Trinajstić information content (AvgIpc) is 3.06. The lowest BCUT2D eigenvalue weighted by Crippen LogP contribution is -2.39. The second-order valence-electron chi connectivity index (χ2n) is 15.7. The Morgan fingerprint density at radius 2 is 1.41 bits per heavy atom. The zero-order valence-electron chi connectivity index (χ0n) is 31.7. The van der Waals surface area contributed by atoms with E-state index in [4.69, 9.17) is 15.2 Å². The largest absolute Gasteiger partial charge is 0.487 e. The molecule has 2 heterocycles. The summed E-state index contributed by atoms with van der Waals surface area (Å²) in [4.78, 5) is 13.1. The van der Waals surface area contributed by atoms with Crippen LogP contribution in [0.1, 0.15) is 132 Å². The molecule has 0 radical (unpaired) electrons. The summed E-state index contributed by atoms with van der Waals surface area (Å²) in [7, 11) is 0. The predicted octanol–water partition coefficient (Wildman–Crippen LogP) is 10.8. The van der Waals surface area contributed by atoms with Crippen LogP contribution >= 0.6 is 0 Å². The number of benzene rings is 2. The van der Waals surface area contributed by atoms with Crippen molar-refractivity contribution >= 4 is 23.8 Å². The van der Waals surface area contributed by atoms with E-state index in [1.54, 1.807) is 0 Å². The zero-order chi connectivity index (χ0) is 35.6. The molecule has 0 amide bonds. The topological polar surface area (TPSA) is 65.4 Å². The minimum atomic E-state index is -0.281. The average molecular weight is 668 g/mol. The molecule has 1 aliphatic rings. The highest BCUT2D eigenvalue weighted by Crippen LogP contribution is 2.45. The molecule has 5 nitrogen and oxygen atoms in total. The molecule has 0 bridgehead atoms. The molecule has 1 aliphatic heterocycles. The number of hydrogen-bond acceptors (Lipinski definition) is 4. The smallest absolute Gasteiger partial charge is 0.378 e. The van der Waals surface area contributed by atoms with Gasteiger partial charge in [0.05, 0.1) is 0 Å². The van der Waals surface area contributed by atoms with Gasteiger partial charge in [0.1, 0.15) is 17.1 Å². The number of anilines is 1. The molecule has 0 saturated carbocycles. The zero-order valence-corrected chi connectivity index (χ0v) is 31.7. The number of carbonyl (C=O) groups is 1. The Balaban J connectivity index is 1.27. The third-order valence-corrected chi connectivity index (χ3v) is 10.7. The van der Waals surface area contributed by atoms with Crippen molar-refractivity contribution in [2.75, 3.05) is 5.73 Å². The van der Waals surface area contributed by atoms with Crippen LogP contribution in [0.25, 0.3) is 12.2 Å². The fourth-order valence-electron chi connectivity index (χ4n) is 7.19. The number of fused-ring (bicyclic) bond motifs is 1. The Kier molecular flexibility index (Phi) is 13.9. The van der Waals surface area contributed by atoms with E-state index < -0.39 is 0 Å². The first-order chi connectivity index (χ1) is 23.3. The fourth-order valence-corrected chi connectivity index (χ4v) is 7.19. The maximum absolute atomic E-state index is 13.1. The van der Waals surface area contributed by atoms with E-state index in [-0.39, 0.29) is 18.1 Å². The van der Waals surface area contributed by atoms with Gasteiger partial charge in [-0.1, -0.05) is 96.9 Å². The summed E-state index contributed by atoms with van der Waals surface area (Å²) in [5, 5.41) is 0. The molecule has 2 aromatic carbocycles. The maximum atomic E-state index is 13.1. The molecule has 0 spiro atoms. The number of ether oxygens (including phenoxy) is 2. The molecule has 0 fully saturated rings. The first-order valence-electron chi connectivity index (χ1n) is 18.9. The molecule has 0 saturated heterocycles. The van der Waals surface area contributed by atoms with Gasteiger partial charge in [-0.2, -0.15) is 4.57 Å². The van der Waals surface area contributed by atoms with Gasteiger partial charge in [0, 0.05) is 23.4 Å². The number of nitrogens with zero attached hydrogens (tertiary/aromatic N) is 1. The summed E-state index contributed by atoms with van der Waals surface area (Å²) in [5.74, 6) is 3.84. The van der Waals surface area contributed by atoms with Crippen LogP contribution in [-0.2, 0) is 17.8 Å². The second kappa shape index (κ2) is 17.9. The van der Waals surface area contributed by atoms with Crippen molar-refractivity contribution in [1.82, 2.24) is 0 Å².